The summed E-state index contributed by atoms with van der Waals surface area (Å²) in [7, 11) is -2.39. The number of rotatable bonds is 7. The Morgan fingerprint density at radius 3 is 2.55 bits per heavy atom. The van der Waals surface area contributed by atoms with Gasteiger partial charge in [-0.15, -0.1) is 11.3 Å². The monoisotopic (exact) mass is 470 g/mol. The summed E-state index contributed by atoms with van der Waals surface area (Å²) in [5.41, 5.74) is 3.73. The van der Waals surface area contributed by atoms with Gasteiger partial charge in [0.25, 0.3) is 0 Å². The van der Waals surface area contributed by atoms with Crippen LogP contribution < -0.4 is 9.46 Å². The summed E-state index contributed by atoms with van der Waals surface area (Å²) in [4.78, 5) is 4.73. The summed E-state index contributed by atoms with van der Waals surface area (Å²) in [5, 5.41) is 3.21. The van der Waals surface area contributed by atoms with Crippen LogP contribution in [0.2, 0.25) is 5.02 Å². The highest BCUT2D eigenvalue weighted by Crippen LogP contribution is 2.30. The SMILES string of the molecule is COc1ccc(Cl)cc1S(=O)(=O)NCc1cccc(-c2nc(-c3ccccc3)cs2)c1. The second-order valence-corrected chi connectivity index (χ2v) is 9.75. The Morgan fingerprint density at radius 2 is 1.77 bits per heavy atom. The molecule has 5 nitrogen and oxygen atoms in total. The fraction of sp³-hybridized carbons (Fsp3) is 0.0870. The number of benzene rings is 3. The first-order chi connectivity index (χ1) is 15.0. The lowest BCUT2D eigenvalue weighted by atomic mass is 10.1. The molecule has 0 fully saturated rings. The molecule has 0 saturated heterocycles. The molecule has 1 heterocycles. The van der Waals surface area contributed by atoms with E-state index in [1.807, 2.05) is 60.0 Å². The molecule has 0 unspecified atom stereocenters. The standard InChI is InChI=1S/C23H19ClN2O3S2/c1-29-21-11-10-19(24)13-22(21)31(27,28)25-14-16-6-5-9-18(12-16)23-26-20(15-30-23)17-7-3-2-4-8-17/h2-13,15,25H,14H2,1H3. The van der Waals surface area contributed by atoms with E-state index in [2.05, 4.69) is 4.72 Å². The number of nitrogens with one attached hydrogen (secondary N) is 1. The number of methoxy groups -OCH3 is 1. The average molecular weight is 471 g/mol. The Kier molecular flexibility index (Phi) is 6.38. The van der Waals surface area contributed by atoms with Gasteiger partial charge in [0, 0.05) is 28.1 Å². The molecule has 0 bridgehead atoms. The molecule has 4 rings (SSSR count). The second kappa shape index (κ2) is 9.20. The largest absolute Gasteiger partial charge is 0.495 e. The number of aromatic nitrogens is 1. The number of hydrogen-bond donors (Lipinski definition) is 1. The van der Waals surface area contributed by atoms with Crippen LogP contribution in [0.1, 0.15) is 5.56 Å². The lowest BCUT2D eigenvalue weighted by molar-refractivity contribution is 0.402. The second-order valence-electron chi connectivity index (χ2n) is 6.72. The van der Waals surface area contributed by atoms with Crippen molar-refractivity contribution in [2.45, 2.75) is 11.4 Å². The van der Waals surface area contributed by atoms with Gasteiger partial charge < -0.3 is 4.74 Å². The van der Waals surface area contributed by atoms with Crippen molar-refractivity contribution >= 4 is 33.0 Å². The summed E-state index contributed by atoms with van der Waals surface area (Å²) in [6.07, 6.45) is 0. The van der Waals surface area contributed by atoms with E-state index < -0.39 is 10.0 Å². The van der Waals surface area contributed by atoms with Crippen molar-refractivity contribution < 1.29 is 13.2 Å². The summed E-state index contributed by atoms with van der Waals surface area (Å²) >= 11 is 7.53. The topological polar surface area (TPSA) is 68.3 Å². The van der Waals surface area contributed by atoms with Crippen LogP contribution in [0.4, 0.5) is 0 Å². The van der Waals surface area contributed by atoms with E-state index in [1.165, 1.54) is 19.2 Å². The third kappa shape index (κ3) is 4.97. The average Bonchev–Trinajstić information content (AvgIpc) is 3.29. The van der Waals surface area contributed by atoms with Crippen LogP contribution in [0, 0.1) is 0 Å². The minimum absolute atomic E-state index is 0.00563. The van der Waals surface area contributed by atoms with Gasteiger partial charge in [-0.25, -0.2) is 18.1 Å². The molecule has 1 N–H and O–H groups in total. The fourth-order valence-corrected chi connectivity index (χ4v) is 5.35. The zero-order valence-electron chi connectivity index (χ0n) is 16.6. The van der Waals surface area contributed by atoms with Gasteiger partial charge in [-0.3, -0.25) is 0 Å². The van der Waals surface area contributed by atoms with Crippen molar-refractivity contribution in [1.82, 2.24) is 9.71 Å². The Labute approximate surface area is 190 Å². The van der Waals surface area contributed by atoms with Gasteiger partial charge >= 0.3 is 0 Å². The van der Waals surface area contributed by atoms with E-state index in [9.17, 15) is 8.42 Å². The molecule has 31 heavy (non-hydrogen) atoms. The van der Waals surface area contributed by atoms with Gasteiger partial charge in [0.05, 0.1) is 12.8 Å². The molecular formula is C23H19ClN2O3S2. The van der Waals surface area contributed by atoms with Crippen molar-refractivity contribution in [3.05, 3.63) is 88.8 Å². The van der Waals surface area contributed by atoms with E-state index >= 15 is 0 Å². The molecule has 158 valence electrons. The molecule has 0 spiro atoms. The number of halogens is 1. The zero-order chi connectivity index (χ0) is 21.8. The van der Waals surface area contributed by atoms with Crippen molar-refractivity contribution in [1.29, 1.82) is 0 Å². The molecule has 3 aromatic carbocycles. The van der Waals surface area contributed by atoms with Crippen molar-refractivity contribution in [3.8, 4) is 27.6 Å². The molecule has 1 aromatic heterocycles. The van der Waals surface area contributed by atoms with Crippen LogP contribution in [-0.4, -0.2) is 20.5 Å². The Hall–Kier alpha value is -2.71. The summed E-state index contributed by atoms with van der Waals surface area (Å²) in [6.45, 7) is 0.128. The summed E-state index contributed by atoms with van der Waals surface area (Å²) in [6, 6.07) is 22.1. The van der Waals surface area contributed by atoms with Crippen LogP contribution in [0.25, 0.3) is 21.8 Å². The van der Waals surface area contributed by atoms with Crippen molar-refractivity contribution in [2.24, 2.45) is 0 Å². The number of hydrogen-bond acceptors (Lipinski definition) is 5. The first kappa shape index (κ1) is 21.5. The third-order valence-electron chi connectivity index (χ3n) is 4.63. The van der Waals surface area contributed by atoms with Crippen molar-refractivity contribution in [3.63, 3.8) is 0 Å². The Morgan fingerprint density at radius 1 is 1.00 bits per heavy atom. The molecule has 0 amide bonds. The smallest absolute Gasteiger partial charge is 0.244 e. The minimum Gasteiger partial charge on any atom is -0.495 e. The highest BCUT2D eigenvalue weighted by molar-refractivity contribution is 7.89. The van der Waals surface area contributed by atoms with E-state index in [0.29, 0.717) is 5.02 Å². The highest BCUT2D eigenvalue weighted by atomic mass is 35.5. The zero-order valence-corrected chi connectivity index (χ0v) is 19.0. The normalized spacial score (nSPS) is 11.4. The van der Waals surface area contributed by atoms with Gasteiger partial charge in [0.2, 0.25) is 10.0 Å². The maximum absolute atomic E-state index is 12.8. The molecule has 0 aliphatic carbocycles. The van der Waals surface area contributed by atoms with Crippen molar-refractivity contribution in [2.75, 3.05) is 7.11 Å². The molecule has 8 heteroatoms. The van der Waals surface area contributed by atoms with Gasteiger partial charge in [-0.1, -0.05) is 60.1 Å². The predicted molar refractivity (Wildman–Crippen MR) is 125 cm³/mol. The number of thiazole rings is 1. The van der Waals surface area contributed by atoms with E-state index in [4.69, 9.17) is 21.3 Å². The molecule has 0 atom stereocenters. The Bertz CT molecular complexity index is 1310. The summed E-state index contributed by atoms with van der Waals surface area (Å²) < 4.78 is 33.4. The number of sulfonamides is 1. The quantitative estimate of drug-likeness (QED) is 0.380. The molecular weight excluding hydrogens is 452 g/mol. The molecule has 0 aliphatic rings. The lowest BCUT2D eigenvalue weighted by Crippen LogP contribution is -2.23. The van der Waals surface area contributed by atoms with Crippen LogP contribution in [-0.2, 0) is 16.6 Å². The highest BCUT2D eigenvalue weighted by Gasteiger charge is 2.20. The van der Waals surface area contributed by atoms with E-state index in [1.54, 1.807) is 17.4 Å². The summed E-state index contributed by atoms with van der Waals surface area (Å²) in [5.74, 6) is 0.238. The molecule has 0 radical (unpaired) electrons. The molecule has 0 saturated carbocycles. The minimum atomic E-state index is -3.81. The first-order valence-electron chi connectivity index (χ1n) is 9.40. The lowest BCUT2D eigenvalue weighted by Gasteiger charge is -2.11. The third-order valence-corrected chi connectivity index (χ3v) is 7.18. The van der Waals surface area contributed by atoms with E-state index in [0.717, 1.165) is 27.4 Å². The van der Waals surface area contributed by atoms with Crippen LogP contribution in [0.15, 0.2) is 83.1 Å². The van der Waals surface area contributed by atoms with Gasteiger partial charge in [0.1, 0.15) is 15.7 Å². The predicted octanol–water partition coefficient (Wildman–Crippen LogP) is 5.62. The van der Waals surface area contributed by atoms with Crippen LogP contribution in [0.5, 0.6) is 5.75 Å². The van der Waals surface area contributed by atoms with Gasteiger partial charge in [0.15, 0.2) is 0 Å². The Balaban J connectivity index is 1.53. The maximum atomic E-state index is 12.8. The van der Waals surface area contributed by atoms with Gasteiger partial charge in [-0.2, -0.15) is 0 Å². The number of ether oxygens (including phenoxy) is 1. The van der Waals surface area contributed by atoms with E-state index in [-0.39, 0.29) is 17.2 Å². The number of nitrogens with zero attached hydrogens (tertiary/aromatic N) is 1. The first-order valence-corrected chi connectivity index (χ1v) is 12.1. The molecule has 0 aliphatic heterocycles. The molecule has 4 aromatic rings. The fourth-order valence-electron chi connectivity index (χ4n) is 3.08. The van der Waals surface area contributed by atoms with Crippen LogP contribution >= 0.6 is 22.9 Å². The van der Waals surface area contributed by atoms with Gasteiger partial charge in [-0.05, 0) is 29.8 Å². The van der Waals surface area contributed by atoms with Crippen LogP contribution in [0.3, 0.4) is 0 Å². The maximum Gasteiger partial charge on any atom is 0.244 e.